The summed E-state index contributed by atoms with van der Waals surface area (Å²) >= 11 is 0. The molecule has 0 saturated heterocycles. The smallest absolute Gasteiger partial charge is 0.236 e. The van der Waals surface area contributed by atoms with Gasteiger partial charge in [-0.3, -0.25) is 9.20 Å². The van der Waals surface area contributed by atoms with Crippen molar-refractivity contribution in [3.8, 4) is 0 Å². The predicted molar refractivity (Wildman–Crippen MR) is 77.1 cm³/mol. The largest absolute Gasteiger partial charge is 0.354 e. The summed E-state index contributed by atoms with van der Waals surface area (Å²) in [7, 11) is 0. The molecule has 0 saturated carbocycles. The molecule has 1 atom stereocenters. The zero-order valence-electron chi connectivity index (χ0n) is 11.9. The summed E-state index contributed by atoms with van der Waals surface area (Å²) in [6.07, 6.45) is 3.24. The third-order valence-corrected chi connectivity index (χ3v) is 3.09. The molecule has 3 N–H and O–H groups in total. The Kier molecular flexibility index (Phi) is 4.68. The van der Waals surface area contributed by atoms with Crippen LogP contribution in [-0.4, -0.2) is 33.1 Å². The maximum Gasteiger partial charge on any atom is 0.236 e. The molecule has 0 aliphatic heterocycles. The topological polar surface area (TPSA) is 85.3 Å². The van der Waals surface area contributed by atoms with Crippen molar-refractivity contribution >= 4 is 11.6 Å². The van der Waals surface area contributed by atoms with Crippen LogP contribution in [0.15, 0.2) is 24.4 Å². The van der Waals surface area contributed by atoms with Gasteiger partial charge in [0.25, 0.3) is 0 Å². The lowest BCUT2D eigenvalue weighted by Crippen LogP contribution is -2.42. The highest BCUT2D eigenvalue weighted by Gasteiger charge is 2.14. The average Bonchev–Trinajstić information content (AvgIpc) is 2.81. The summed E-state index contributed by atoms with van der Waals surface area (Å²) in [6.45, 7) is 4.62. The van der Waals surface area contributed by atoms with Crippen LogP contribution < -0.4 is 11.1 Å². The lowest BCUT2D eigenvalue weighted by molar-refractivity contribution is -0.122. The van der Waals surface area contributed by atoms with Gasteiger partial charge < -0.3 is 11.1 Å². The highest BCUT2D eigenvalue weighted by Crippen LogP contribution is 2.04. The van der Waals surface area contributed by atoms with E-state index < -0.39 is 6.04 Å². The predicted octanol–water partition coefficient (Wildman–Crippen LogP) is 0.761. The maximum atomic E-state index is 11.8. The first-order valence-electron chi connectivity index (χ1n) is 6.90. The fourth-order valence-electron chi connectivity index (χ4n) is 2.10. The Morgan fingerprint density at radius 3 is 2.95 bits per heavy atom. The summed E-state index contributed by atoms with van der Waals surface area (Å²) < 4.78 is 1.92. The molecule has 2 rings (SSSR count). The van der Waals surface area contributed by atoms with Crippen LogP contribution in [0.2, 0.25) is 0 Å². The van der Waals surface area contributed by atoms with E-state index in [4.69, 9.17) is 5.73 Å². The first-order valence-corrected chi connectivity index (χ1v) is 6.90. The molecule has 0 aliphatic carbocycles. The Hall–Kier alpha value is -1.95. The number of aromatic nitrogens is 3. The van der Waals surface area contributed by atoms with Crippen LogP contribution in [0.1, 0.15) is 26.1 Å². The monoisotopic (exact) mass is 275 g/mol. The number of pyridine rings is 1. The van der Waals surface area contributed by atoms with E-state index in [0.717, 1.165) is 11.5 Å². The number of rotatable bonds is 6. The van der Waals surface area contributed by atoms with Crippen molar-refractivity contribution in [3.63, 3.8) is 0 Å². The minimum Gasteiger partial charge on any atom is -0.354 e. The second kappa shape index (κ2) is 6.47. The molecule has 6 heteroatoms. The van der Waals surface area contributed by atoms with Gasteiger partial charge in [0.15, 0.2) is 5.65 Å². The van der Waals surface area contributed by atoms with E-state index in [1.54, 1.807) is 0 Å². The number of nitrogens with zero attached hydrogens (tertiary/aromatic N) is 3. The van der Waals surface area contributed by atoms with Gasteiger partial charge in [-0.1, -0.05) is 19.9 Å². The van der Waals surface area contributed by atoms with E-state index in [2.05, 4.69) is 29.4 Å². The van der Waals surface area contributed by atoms with Crippen LogP contribution >= 0.6 is 0 Å². The maximum absolute atomic E-state index is 11.8. The molecule has 20 heavy (non-hydrogen) atoms. The Labute approximate surface area is 118 Å². The number of nitrogens with two attached hydrogens (primary N) is 1. The van der Waals surface area contributed by atoms with Crippen molar-refractivity contribution < 1.29 is 4.79 Å². The fraction of sp³-hybridized carbons (Fsp3) is 0.500. The van der Waals surface area contributed by atoms with Crippen molar-refractivity contribution in [1.29, 1.82) is 0 Å². The van der Waals surface area contributed by atoms with E-state index >= 15 is 0 Å². The molecule has 108 valence electrons. The summed E-state index contributed by atoms with van der Waals surface area (Å²) in [5, 5.41) is 11.0. The number of hydrogen-bond donors (Lipinski definition) is 2. The van der Waals surface area contributed by atoms with Crippen LogP contribution in [0.25, 0.3) is 5.65 Å². The van der Waals surface area contributed by atoms with Gasteiger partial charge in [-0.25, -0.2) is 0 Å². The lowest BCUT2D eigenvalue weighted by Gasteiger charge is -2.13. The minimum atomic E-state index is -0.440. The molecule has 0 aromatic carbocycles. The zero-order valence-corrected chi connectivity index (χ0v) is 11.9. The molecular formula is C14H21N5O. The van der Waals surface area contributed by atoms with Crippen molar-refractivity contribution in [2.24, 2.45) is 11.7 Å². The Morgan fingerprint density at radius 2 is 2.20 bits per heavy atom. The van der Waals surface area contributed by atoms with Crippen LogP contribution in [0, 0.1) is 5.92 Å². The van der Waals surface area contributed by atoms with Crippen LogP contribution in [0.4, 0.5) is 0 Å². The highest BCUT2D eigenvalue weighted by atomic mass is 16.2. The molecule has 0 spiro atoms. The van der Waals surface area contributed by atoms with E-state index in [1.165, 1.54) is 0 Å². The molecule has 6 nitrogen and oxygen atoms in total. The van der Waals surface area contributed by atoms with Gasteiger partial charge in [0.05, 0.1) is 6.04 Å². The second-order valence-electron chi connectivity index (χ2n) is 5.32. The van der Waals surface area contributed by atoms with Crippen molar-refractivity contribution in [1.82, 2.24) is 19.9 Å². The van der Waals surface area contributed by atoms with E-state index in [0.29, 0.717) is 25.3 Å². The highest BCUT2D eigenvalue weighted by molar-refractivity contribution is 5.81. The van der Waals surface area contributed by atoms with Crippen molar-refractivity contribution in [2.75, 3.05) is 6.54 Å². The van der Waals surface area contributed by atoms with Gasteiger partial charge in [0.1, 0.15) is 5.82 Å². The Bertz CT molecular complexity index is 578. The normalized spacial score (nSPS) is 12.8. The number of nitrogens with one attached hydrogen (secondary N) is 1. The van der Waals surface area contributed by atoms with Gasteiger partial charge in [0, 0.05) is 19.2 Å². The van der Waals surface area contributed by atoms with Gasteiger partial charge in [-0.2, -0.15) is 0 Å². The molecule has 0 bridgehead atoms. The van der Waals surface area contributed by atoms with E-state index in [-0.39, 0.29) is 5.91 Å². The Balaban J connectivity index is 1.85. The summed E-state index contributed by atoms with van der Waals surface area (Å²) in [5.41, 5.74) is 6.63. The first-order chi connectivity index (χ1) is 9.58. The molecule has 0 unspecified atom stereocenters. The van der Waals surface area contributed by atoms with Crippen molar-refractivity contribution in [3.05, 3.63) is 30.2 Å². The summed E-state index contributed by atoms with van der Waals surface area (Å²) in [5.74, 6) is 1.14. The fourth-order valence-corrected chi connectivity index (χ4v) is 2.10. The molecule has 2 aromatic rings. The van der Waals surface area contributed by atoms with Crippen LogP contribution in [0.5, 0.6) is 0 Å². The Morgan fingerprint density at radius 1 is 1.40 bits per heavy atom. The lowest BCUT2D eigenvalue weighted by atomic mass is 10.0. The van der Waals surface area contributed by atoms with Gasteiger partial charge in [-0.05, 0) is 24.5 Å². The SMILES string of the molecule is CC(C)C[C@H](N)C(=O)NCCc1nnc2ccccn12. The van der Waals surface area contributed by atoms with Crippen LogP contribution in [0.3, 0.4) is 0 Å². The van der Waals surface area contributed by atoms with Crippen LogP contribution in [-0.2, 0) is 11.2 Å². The van der Waals surface area contributed by atoms with Crippen molar-refractivity contribution in [2.45, 2.75) is 32.7 Å². The summed E-state index contributed by atoms with van der Waals surface area (Å²) in [4.78, 5) is 11.8. The third kappa shape index (κ3) is 3.54. The number of carbonyl (C=O) groups excluding carboxylic acids is 1. The van der Waals surface area contributed by atoms with E-state index in [1.807, 2.05) is 28.8 Å². The average molecular weight is 275 g/mol. The minimum absolute atomic E-state index is 0.104. The zero-order chi connectivity index (χ0) is 14.5. The van der Waals surface area contributed by atoms with Gasteiger partial charge in [-0.15, -0.1) is 10.2 Å². The number of amides is 1. The number of carbonyl (C=O) groups is 1. The third-order valence-electron chi connectivity index (χ3n) is 3.09. The standard InChI is InChI=1S/C14H21N5O/c1-10(2)9-11(15)14(20)16-7-6-13-18-17-12-5-3-4-8-19(12)13/h3-5,8,10-11H,6-7,9,15H2,1-2H3,(H,16,20)/t11-/m0/s1. The molecule has 0 aliphatic rings. The molecular weight excluding hydrogens is 254 g/mol. The molecule has 0 fully saturated rings. The molecule has 2 aromatic heterocycles. The quantitative estimate of drug-likeness (QED) is 0.815. The molecule has 1 amide bonds. The number of fused-ring (bicyclic) bond motifs is 1. The first kappa shape index (κ1) is 14.5. The number of hydrogen-bond acceptors (Lipinski definition) is 4. The summed E-state index contributed by atoms with van der Waals surface area (Å²) in [6, 6.07) is 5.30. The molecule has 0 radical (unpaired) electrons. The van der Waals surface area contributed by atoms with E-state index in [9.17, 15) is 4.79 Å². The molecule has 2 heterocycles. The van der Waals surface area contributed by atoms with Gasteiger partial charge >= 0.3 is 0 Å². The second-order valence-corrected chi connectivity index (χ2v) is 5.32. The van der Waals surface area contributed by atoms with Gasteiger partial charge in [0.2, 0.25) is 5.91 Å².